The van der Waals surface area contributed by atoms with Crippen molar-refractivity contribution < 1.29 is 0 Å². The average Bonchev–Trinajstić information content (AvgIpc) is 3.13. The molecule has 6 nitrogen and oxygen atoms in total. The van der Waals surface area contributed by atoms with Gasteiger partial charge in [-0.15, -0.1) is 0 Å². The van der Waals surface area contributed by atoms with E-state index in [1.54, 1.807) is 6.21 Å². The summed E-state index contributed by atoms with van der Waals surface area (Å²) in [4.78, 5) is 12.5. The van der Waals surface area contributed by atoms with Gasteiger partial charge in [0.05, 0.1) is 29.3 Å². The maximum absolute atomic E-state index is 8.62. The van der Waals surface area contributed by atoms with Crippen LogP contribution in [0.2, 0.25) is 0 Å². The number of aryl methyl sites for hydroxylation is 1. The fourth-order valence-corrected chi connectivity index (χ4v) is 3.63. The number of imidazole rings is 1. The van der Waals surface area contributed by atoms with Crippen molar-refractivity contribution in [2.24, 2.45) is 17.2 Å². The molecule has 0 saturated heterocycles. The van der Waals surface area contributed by atoms with Crippen molar-refractivity contribution in [3.8, 4) is 22.3 Å². The van der Waals surface area contributed by atoms with Crippen molar-refractivity contribution >= 4 is 17.2 Å². The number of azide groups is 1. The summed E-state index contributed by atoms with van der Waals surface area (Å²) in [7, 11) is 2.01. The lowest BCUT2D eigenvalue weighted by Gasteiger charge is -2.15. The number of benzene rings is 3. The summed E-state index contributed by atoms with van der Waals surface area (Å²) in [5.74, 6) is 0.754. The van der Waals surface area contributed by atoms with Crippen molar-refractivity contribution in [1.29, 1.82) is 0 Å². The maximum Gasteiger partial charge on any atom is 0.151 e. The Hall–Kier alpha value is -3.89. The van der Waals surface area contributed by atoms with E-state index >= 15 is 0 Å². The molecule has 154 valence electrons. The Morgan fingerprint density at radius 3 is 2.13 bits per heavy atom. The molecule has 0 N–H and O–H groups in total. The molecule has 0 aliphatic rings. The van der Waals surface area contributed by atoms with Gasteiger partial charge in [0.25, 0.3) is 0 Å². The molecule has 4 rings (SSSR count). The fourth-order valence-electron chi connectivity index (χ4n) is 3.63. The van der Waals surface area contributed by atoms with Gasteiger partial charge < -0.3 is 4.57 Å². The van der Waals surface area contributed by atoms with E-state index in [9.17, 15) is 0 Å². The van der Waals surface area contributed by atoms with Crippen molar-refractivity contribution in [3.05, 3.63) is 89.1 Å². The first-order valence-corrected chi connectivity index (χ1v) is 10.2. The summed E-state index contributed by atoms with van der Waals surface area (Å²) in [6, 6.07) is 24.9. The van der Waals surface area contributed by atoms with E-state index in [0.717, 1.165) is 39.1 Å². The highest BCUT2D eigenvalue weighted by atomic mass is 15.1. The van der Waals surface area contributed by atoms with Crippen molar-refractivity contribution in [3.63, 3.8) is 0 Å². The highest BCUT2D eigenvalue weighted by Crippen LogP contribution is 2.35. The Labute approximate surface area is 181 Å². The lowest BCUT2D eigenvalue weighted by atomic mass is 9.98. The minimum atomic E-state index is -0.505. The van der Waals surface area contributed by atoms with E-state index in [-0.39, 0.29) is 6.54 Å². The molecule has 1 aromatic heterocycles. The highest BCUT2D eigenvalue weighted by molar-refractivity contribution is 6.03. The smallest absolute Gasteiger partial charge is 0.151 e. The third-order valence-electron chi connectivity index (χ3n) is 5.28. The zero-order chi connectivity index (χ0) is 21.8. The first-order chi connectivity index (χ1) is 15.0. The zero-order valence-corrected chi connectivity index (χ0v) is 17.9. The van der Waals surface area contributed by atoms with Crippen LogP contribution in [-0.4, -0.2) is 27.8 Å². The molecule has 0 amide bonds. The van der Waals surface area contributed by atoms with Gasteiger partial charge in [-0.05, 0) is 30.5 Å². The van der Waals surface area contributed by atoms with Crippen LogP contribution in [0.3, 0.4) is 0 Å². The molecule has 0 saturated carbocycles. The van der Waals surface area contributed by atoms with Crippen LogP contribution >= 0.6 is 0 Å². The molecule has 0 spiro atoms. The largest absolute Gasteiger partial charge is 0.326 e. The molecule has 0 atom stereocenters. The molecule has 3 aromatic carbocycles. The van der Waals surface area contributed by atoms with Gasteiger partial charge in [0.1, 0.15) is 0 Å². The monoisotopic (exact) mass is 408 g/mol. The SMILES string of the molecule is Cn1c(C=NC(C)(C)CN=[N+]=[N-])nc2c(-c3ccccc3)ccc(-c3ccccc3)c21. The van der Waals surface area contributed by atoms with Crippen LogP contribution in [0, 0.1) is 0 Å². The minimum Gasteiger partial charge on any atom is -0.326 e. The van der Waals surface area contributed by atoms with Gasteiger partial charge in [0.15, 0.2) is 5.82 Å². The zero-order valence-electron chi connectivity index (χ0n) is 17.9. The number of fused-ring (bicyclic) bond motifs is 1. The Morgan fingerprint density at radius 1 is 0.935 bits per heavy atom. The van der Waals surface area contributed by atoms with E-state index in [0.29, 0.717) is 0 Å². The molecular formula is C25H24N6. The molecule has 0 aliphatic heterocycles. The highest BCUT2D eigenvalue weighted by Gasteiger charge is 2.18. The molecule has 0 bridgehead atoms. The van der Waals surface area contributed by atoms with Gasteiger partial charge in [-0.1, -0.05) is 77.9 Å². The molecule has 1 heterocycles. The second-order valence-electron chi connectivity index (χ2n) is 8.08. The Bertz CT molecular complexity index is 1280. The van der Waals surface area contributed by atoms with Crippen LogP contribution in [0.1, 0.15) is 19.7 Å². The Kier molecular flexibility index (Phi) is 5.56. The first kappa shape index (κ1) is 20.4. The van der Waals surface area contributed by atoms with E-state index in [2.05, 4.69) is 56.0 Å². The topological polar surface area (TPSA) is 78.9 Å². The summed E-state index contributed by atoms with van der Waals surface area (Å²) in [5, 5.41) is 3.67. The predicted molar refractivity (Wildman–Crippen MR) is 127 cm³/mol. The fraction of sp³-hybridized carbons (Fsp3) is 0.200. The molecule has 31 heavy (non-hydrogen) atoms. The number of hydrogen-bond acceptors (Lipinski definition) is 3. The molecule has 0 fully saturated rings. The van der Waals surface area contributed by atoms with E-state index in [4.69, 9.17) is 10.5 Å². The van der Waals surface area contributed by atoms with Crippen molar-refractivity contribution in [2.45, 2.75) is 19.4 Å². The molecule has 0 radical (unpaired) electrons. The standard InChI is InChI=1S/C25H24N6/c1-25(2,17-28-30-26)27-16-22-29-23-20(18-10-6-4-7-11-18)14-15-21(24(23)31(22)3)19-12-8-5-9-13-19/h4-16H,17H2,1-3H3. The van der Waals surface area contributed by atoms with Crippen molar-refractivity contribution in [2.75, 3.05) is 6.54 Å². The van der Waals surface area contributed by atoms with E-state index in [1.165, 1.54) is 0 Å². The van der Waals surface area contributed by atoms with Crippen molar-refractivity contribution in [1.82, 2.24) is 9.55 Å². The summed E-state index contributed by atoms with van der Waals surface area (Å²) in [5.41, 5.74) is 14.6. The maximum atomic E-state index is 8.62. The van der Waals surface area contributed by atoms with E-state index in [1.807, 2.05) is 57.3 Å². The molecule has 0 aliphatic carbocycles. The summed E-state index contributed by atoms with van der Waals surface area (Å²) in [6.07, 6.45) is 1.77. The summed E-state index contributed by atoms with van der Waals surface area (Å²) >= 11 is 0. The van der Waals surface area contributed by atoms with Crippen LogP contribution in [0.5, 0.6) is 0 Å². The first-order valence-electron chi connectivity index (χ1n) is 10.2. The minimum absolute atomic E-state index is 0.286. The molecular weight excluding hydrogens is 384 g/mol. The predicted octanol–water partition coefficient (Wildman–Crippen LogP) is 6.42. The number of nitrogens with zero attached hydrogens (tertiary/aromatic N) is 6. The summed E-state index contributed by atoms with van der Waals surface area (Å²) < 4.78 is 2.08. The number of aliphatic imine (C=N–C) groups is 1. The lowest BCUT2D eigenvalue weighted by molar-refractivity contribution is 0.537. The molecule has 6 heteroatoms. The van der Waals surface area contributed by atoms with Crippen LogP contribution in [0.4, 0.5) is 0 Å². The van der Waals surface area contributed by atoms with Gasteiger partial charge in [-0.25, -0.2) is 4.98 Å². The quantitative estimate of drug-likeness (QED) is 0.157. The average molecular weight is 409 g/mol. The third kappa shape index (κ3) is 4.20. The van der Waals surface area contributed by atoms with E-state index < -0.39 is 5.54 Å². The Balaban J connectivity index is 1.92. The van der Waals surface area contributed by atoms with Crippen LogP contribution in [0.15, 0.2) is 82.9 Å². The third-order valence-corrected chi connectivity index (χ3v) is 5.28. The van der Waals surface area contributed by atoms with Gasteiger partial charge in [0.2, 0.25) is 0 Å². The Morgan fingerprint density at radius 2 is 1.52 bits per heavy atom. The van der Waals surface area contributed by atoms with Gasteiger partial charge >= 0.3 is 0 Å². The number of aromatic nitrogens is 2. The van der Waals surface area contributed by atoms with Gasteiger partial charge in [-0.2, -0.15) is 0 Å². The van der Waals surface area contributed by atoms with Crippen LogP contribution in [0.25, 0.3) is 43.7 Å². The van der Waals surface area contributed by atoms with Gasteiger partial charge in [-0.3, -0.25) is 4.99 Å². The number of rotatable bonds is 6. The summed E-state index contributed by atoms with van der Waals surface area (Å²) in [6.45, 7) is 4.16. The molecule has 4 aromatic rings. The lowest BCUT2D eigenvalue weighted by Crippen LogP contribution is -2.21. The second-order valence-corrected chi connectivity index (χ2v) is 8.08. The van der Waals surface area contributed by atoms with Crippen LogP contribution < -0.4 is 0 Å². The number of hydrogen-bond donors (Lipinski definition) is 0. The second kappa shape index (κ2) is 8.46. The molecule has 0 unspecified atom stereocenters. The van der Waals surface area contributed by atoms with Crippen LogP contribution in [-0.2, 0) is 7.05 Å². The van der Waals surface area contributed by atoms with Gasteiger partial charge in [0, 0.05) is 23.1 Å². The normalized spacial score (nSPS) is 11.7.